The molecule has 1 aliphatic heterocycles. The number of hydrogen-bond acceptors (Lipinski definition) is 6. The third-order valence-electron chi connectivity index (χ3n) is 4.81. The smallest absolute Gasteiger partial charge is 0.179 e. The lowest BCUT2D eigenvalue weighted by molar-refractivity contribution is 0.228. The van der Waals surface area contributed by atoms with Gasteiger partial charge in [-0.15, -0.1) is 10.2 Å². The van der Waals surface area contributed by atoms with E-state index in [-0.39, 0.29) is 0 Å². The molecule has 0 radical (unpaired) electrons. The third kappa shape index (κ3) is 3.24. The number of piperazine rings is 1. The molecule has 7 nitrogen and oxygen atoms in total. The number of aryl methyl sites for hydroxylation is 2. The van der Waals surface area contributed by atoms with E-state index in [4.69, 9.17) is 4.42 Å². The van der Waals surface area contributed by atoms with E-state index in [9.17, 15) is 0 Å². The van der Waals surface area contributed by atoms with Crippen molar-refractivity contribution >= 4 is 11.3 Å². The lowest BCUT2D eigenvalue weighted by Crippen LogP contribution is -2.46. The highest BCUT2D eigenvalue weighted by atomic mass is 16.3. The first-order valence-electron chi connectivity index (χ1n) is 9.02. The van der Waals surface area contributed by atoms with Gasteiger partial charge in [0.05, 0.1) is 18.4 Å². The van der Waals surface area contributed by atoms with Gasteiger partial charge in [0.15, 0.2) is 11.5 Å². The van der Waals surface area contributed by atoms with Gasteiger partial charge in [0, 0.05) is 45.1 Å². The molecule has 0 amide bonds. The number of furan rings is 1. The van der Waals surface area contributed by atoms with Gasteiger partial charge in [-0.3, -0.25) is 4.90 Å². The fourth-order valence-electron chi connectivity index (χ4n) is 3.30. The minimum atomic E-state index is 0.819. The molecule has 3 aromatic heterocycles. The Morgan fingerprint density at radius 3 is 2.52 bits per heavy atom. The molecule has 132 valence electrons. The number of hydrogen-bond donors (Lipinski definition) is 0. The molecule has 1 aliphatic rings. The van der Waals surface area contributed by atoms with Crippen molar-refractivity contribution in [3.8, 4) is 0 Å². The Labute approximate surface area is 147 Å². The maximum atomic E-state index is 5.82. The van der Waals surface area contributed by atoms with Gasteiger partial charge in [-0.2, -0.15) is 9.61 Å². The minimum Gasteiger partial charge on any atom is -0.465 e. The largest absolute Gasteiger partial charge is 0.465 e. The molecule has 3 aromatic rings. The maximum absolute atomic E-state index is 5.82. The van der Waals surface area contributed by atoms with Gasteiger partial charge in [-0.1, -0.05) is 13.8 Å². The second-order valence-electron chi connectivity index (χ2n) is 6.44. The van der Waals surface area contributed by atoms with E-state index in [0.717, 1.165) is 74.2 Å². The van der Waals surface area contributed by atoms with Crippen molar-refractivity contribution in [2.24, 2.45) is 0 Å². The van der Waals surface area contributed by atoms with Crippen LogP contribution in [0.3, 0.4) is 0 Å². The topological polar surface area (TPSA) is 62.7 Å². The van der Waals surface area contributed by atoms with Crippen molar-refractivity contribution in [3.05, 3.63) is 41.7 Å². The summed E-state index contributed by atoms with van der Waals surface area (Å²) in [5.41, 5.74) is 1.94. The van der Waals surface area contributed by atoms with Crippen LogP contribution in [0.25, 0.3) is 5.65 Å². The Kier molecular flexibility index (Phi) is 4.40. The van der Waals surface area contributed by atoms with E-state index in [2.05, 4.69) is 57.1 Å². The van der Waals surface area contributed by atoms with Gasteiger partial charge in [0.25, 0.3) is 0 Å². The lowest BCUT2D eigenvalue weighted by atomic mass is 10.2. The SMILES string of the molecule is CCc1ccc(CN2CCN(c3cnn4c(CC)nnc4c3)CC2)o1. The van der Waals surface area contributed by atoms with Gasteiger partial charge >= 0.3 is 0 Å². The summed E-state index contributed by atoms with van der Waals surface area (Å²) in [6, 6.07) is 6.25. The zero-order valence-corrected chi connectivity index (χ0v) is 14.9. The summed E-state index contributed by atoms with van der Waals surface area (Å²) >= 11 is 0. The summed E-state index contributed by atoms with van der Waals surface area (Å²) in [5, 5.41) is 12.9. The van der Waals surface area contributed by atoms with Gasteiger partial charge in [0.2, 0.25) is 0 Å². The molecule has 1 saturated heterocycles. The molecule has 0 bridgehead atoms. The van der Waals surface area contributed by atoms with Crippen molar-refractivity contribution in [1.82, 2.24) is 24.7 Å². The monoisotopic (exact) mass is 340 g/mol. The van der Waals surface area contributed by atoms with Crippen LogP contribution in [-0.2, 0) is 19.4 Å². The first kappa shape index (κ1) is 16.1. The van der Waals surface area contributed by atoms with Crippen LogP contribution in [0, 0.1) is 0 Å². The molecule has 0 unspecified atom stereocenters. The third-order valence-corrected chi connectivity index (χ3v) is 4.81. The van der Waals surface area contributed by atoms with Gasteiger partial charge in [0.1, 0.15) is 11.5 Å². The number of nitrogens with zero attached hydrogens (tertiary/aromatic N) is 6. The Morgan fingerprint density at radius 2 is 1.80 bits per heavy atom. The van der Waals surface area contributed by atoms with Gasteiger partial charge < -0.3 is 9.32 Å². The second-order valence-corrected chi connectivity index (χ2v) is 6.44. The van der Waals surface area contributed by atoms with Crippen LogP contribution in [-0.4, -0.2) is 50.9 Å². The van der Waals surface area contributed by atoms with Crippen molar-refractivity contribution in [2.75, 3.05) is 31.1 Å². The highest BCUT2D eigenvalue weighted by Crippen LogP contribution is 2.19. The summed E-state index contributed by atoms with van der Waals surface area (Å²) in [7, 11) is 0. The first-order chi connectivity index (χ1) is 12.3. The Balaban J connectivity index is 1.39. The van der Waals surface area contributed by atoms with Crippen LogP contribution in [0.15, 0.2) is 28.8 Å². The van der Waals surface area contributed by atoms with E-state index in [1.54, 1.807) is 0 Å². The van der Waals surface area contributed by atoms with Crippen LogP contribution < -0.4 is 4.90 Å². The molecular formula is C18H24N6O. The molecule has 7 heteroatoms. The predicted molar refractivity (Wildman–Crippen MR) is 95.7 cm³/mol. The average molecular weight is 340 g/mol. The van der Waals surface area contributed by atoms with Crippen molar-refractivity contribution < 1.29 is 4.42 Å². The highest BCUT2D eigenvalue weighted by molar-refractivity contribution is 5.54. The van der Waals surface area contributed by atoms with Crippen LogP contribution >= 0.6 is 0 Å². The Morgan fingerprint density at radius 1 is 1.00 bits per heavy atom. The zero-order valence-electron chi connectivity index (χ0n) is 14.9. The molecule has 0 aliphatic carbocycles. The number of rotatable bonds is 5. The zero-order chi connectivity index (χ0) is 17.2. The number of fused-ring (bicyclic) bond motifs is 1. The van der Waals surface area contributed by atoms with Crippen molar-refractivity contribution in [2.45, 2.75) is 33.2 Å². The summed E-state index contributed by atoms with van der Waals surface area (Å²) in [6.07, 6.45) is 3.70. The molecule has 0 atom stereocenters. The molecule has 4 rings (SSSR count). The fourth-order valence-corrected chi connectivity index (χ4v) is 3.30. The summed E-state index contributed by atoms with van der Waals surface area (Å²) in [4.78, 5) is 4.80. The van der Waals surface area contributed by atoms with Crippen LogP contribution in [0.5, 0.6) is 0 Å². The van der Waals surface area contributed by atoms with Crippen LogP contribution in [0.4, 0.5) is 5.69 Å². The van der Waals surface area contributed by atoms with E-state index in [1.165, 1.54) is 0 Å². The molecule has 0 aromatic carbocycles. The molecular weight excluding hydrogens is 316 g/mol. The van der Waals surface area contributed by atoms with E-state index < -0.39 is 0 Å². The van der Waals surface area contributed by atoms with Crippen molar-refractivity contribution in [3.63, 3.8) is 0 Å². The van der Waals surface area contributed by atoms with Gasteiger partial charge in [-0.05, 0) is 12.1 Å². The average Bonchev–Trinajstić information content (AvgIpc) is 3.28. The highest BCUT2D eigenvalue weighted by Gasteiger charge is 2.19. The Bertz CT molecular complexity index is 846. The van der Waals surface area contributed by atoms with E-state index in [0.29, 0.717) is 0 Å². The maximum Gasteiger partial charge on any atom is 0.179 e. The fraction of sp³-hybridized carbons (Fsp3) is 0.500. The number of aromatic nitrogens is 4. The van der Waals surface area contributed by atoms with E-state index >= 15 is 0 Å². The first-order valence-corrected chi connectivity index (χ1v) is 9.02. The minimum absolute atomic E-state index is 0.819. The standard InChI is InChI=1S/C18H24N6O/c1-3-15-5-6-16(25-15)13-22-7-9-23(10-8-22)14-11-18-21-20-17(4-2)24(18)19-12-14/h5-6,11-12H,3-4,7-10,13H2,1-2H3. The lowest BCUT2D eigenvalue weighted by Gasteiger charge is -2.35. The molecule has 1 fully saturated rings. The second kappa shape index (κ2) is 6.84. The van der Waals surface area contributed by atoms with E-state index in [1.807, 2.05) is 10.7 Å². The summed E-state index contributed by atoms with van der Waals surface area (Å²) in [5.74, 6) is 3.02. The predicted octanol–water partition coefficient (Wildman–Crippen LogP) is 2.16. The molecule has 0 spiro atoms. The Hall–Kier alpha value is -2.41. The quantitative estimate of drug-likeness (QED) is 0.709. The van der Waals surface area contributed by atoms with Gasteiger partial charge in [-0.25, -0.2) is 0 Å². The van der Waals surface area contributed by atoms with Crippen LogP contribution in [0.2, 0.25) is 0 Å². The molecule has 4 heterocycles. The van der Waals surface area contributed by atoms with Crippen LogP contribution in [0.1, 0.15) is 31.2 Å². The molecule has 0 saturated carbocycles. The molecule has 25 heavy (non-hydrogen) atoms. The summed E-state index contributed by atoms with van der Waals surface area (Å²) in [6.45, 7) is 9.05. The normalized spacial score (nSPS) is 16.0. The van der Waals surface area contributed by atoms with Crippen molar-refractivity contribution in [1.29, 1.82) is 0 Å². The number of anilines is 1. The summed E-state index contributed by atoms with van der Waals surface area (Å²) < 4.78 is 7.65. The molecule has 0 N–H and O–H groups in total.